The van der Waals surface area contributed by atoms with Gasteiger partial charge in [-0.25, -0.2) is 5.21 Å². The van der Waals surface area contributed by atoms with Crippen LogP contribution in [-0.2, 0) is 0 Å². The van der Waals surface area contributed by atoms with Crippen LogP contribution in [-0.4, -0.2) is 11.2 Å². The summed E-state index contributed by atoms with van der Waals surface area (Å²) in [4.78, 5) is 4.01. The molecule has 1 aliphatic heterocycles. The van der Waals surface area contributed by atoms with E-state index in [0.29, 0.717) is 16.4 Å². The van der Waals surface area contributed by atoms with Gasteiger partial charge in [-0.2, -0.15) is 10.4 Å². The SMILES string of the molecule is NC1=Nc2cc(Cl)ccc2N(O)[NH2+]1. The van der Waals surface area contributed by atoms with Crippen LogP contribution >= 0.6 is 11.6 Å². The number of hydrogen-bond donors (Lipinski definition) is 3. The zero-order valence-corrected chi connectivity index (χ0v) is 7.36. The molecule has 0 spiro atoms. The fourth-order valence-electron chi connectivity index (χ4n) is 1.14. The minimum atomic E-state index is 0.247. The Balaban J connectivity index is 2.56. The van der Waals surface area contributed by atoms with Crippen molar-refractivity contribution >= 4 is 28.9 Å². The van der Waals surface area contributed by atoms with Gasteiger partial charge in [-0.1, -0.05) is 16.8 Å². The summed E-state index contributed by atoms with van der Waals surface area (Å²) in [6.45, 7) is 0. The lowest BCUT2D eigenvalue weighted by molar-refractivity contribution is -0.600. The second-order valence-corrected chi connectivity index (χ2v) is 3.08. The van der Waals surface area contributed by atoms with Crippen LogP contribution in [0.25, 0.3) is 0 Å². The number of nitrogens with zero attached hydrogens (tertiary/aromatic N) is 2. The molecule has 1 aromatic carbocycles. The molecule has 13 heavy (non-hydrogen) atoms. The molecule has 1 heterocycles. The van der Waals surface area contributed by atoms with Crippen molar-refractivity contribution in [3.8, 4) is 0 Å². The largest absolute Gasteiger partial charge is 0.336 e. The van der Waals surface area contributed by atoms with E-state index in [1.54, 1.807) is 18.2 Å². The Labute approximate surface area is 79.4 Å². The van der Waals surface area contributed by atoms with E-state index >= 15 is 0 Å². The first-order valence-electron chi connectivity index (χ1n) is 3.63. The zero-order chi connectivity index (χ0) is 9.42. The number of guanidine groups is 1. The molecule has 1 aromatic rings. The number of benzene rings is 1. The Kier molecular flexibility index (Phi) is 1.84. The lowest BCUT2D eigenvalue weighted by atomic mass is 10.2. The van der Waals surface area contributed by atoms with E-state index < -0.39 is 0 Å². The summed E-state index contributed by atoms with van der Waals surface area (Å²) in [5, 5.41) is 10.9. The van der Waals surface area contributed by atoms with E-state index in [9.17, 15) is 5.21 Å². The highest BCUT2D eigenvalue weighted by atomic mass is 35.5. The zero-order valence-electron chi connectivity index (χ0n) is 6.61. The van der Waals surface area contributed by atoms with Gasteiger partial charge in [0, 0.05) is 5.02 Å². The number of halogens is 1. The lowest BCUT2D eigenvalue weighted by Gasteiger charge is -2.18. The first-order valence-corrected chi connectivity index (χ1v) is 4.01. The highest BCUT2D eigenvalue weighted by molar-refractivity contribution is 6.31. The molecule has 0 unspecified atom stereocenters. The Hall–Kier alpha value is -1.30. The monoisotopic (exact) mass is 199 g/mol. The molecule has 0 saturated carbocycles. The smallest absolute Gasteiger partial charge is 0.324 e. The fourth-order valence-corrected chi connectivity index (χ4v) is 1.31. The summed E-state index contributed by atoms with van der Waals surface area (Å²) in [5.74, 6) is 0.247. The van der Waals surface area contributed by atoms with Crippen molar-refractivity contribution in [1.82, 2.24) is 0 Å². The normalized spacial score (nSPS) is 15.2. The summed E-state index contributed by atoms with van der Waals surface area (Å²) in [6.07, 6.45) is 0. The average Bonchev–Trinajstić information content (AvgIpc) is 2.02. The van der Waals surface area contributed by atoms with E-state index in [0.717, 1.165) is 5.17 Å². The topological polar surface area (TPSA) is 78.5 Å². The molecule has 0 aliphatic carbocycles. The van der Waals surface area contributed by atoms with Crippen LogP contribution < -0.4 is 16.3 Å². The van der Waals surface area contributed by atoms with Gasteiger partial charge in [-0.3, -0.25) is 0 Å². The van der Waals surface area contributed by atoms with E-state index in [2.05, 4.69) is 4.99 Å². The Morgan fingerprint density at radius 1 is 1.54 bits per heavy atom. The van der Waals surface area contributed by atoms with E-state index in [4.69, 9.17) is 17.3 Å². The number of rotatable bonds is 0. The van der Waals surface area contributed by atoms with Crippen molar-refractivity contribution in [1.29, 1.82) is 0 Å². The van der Waals surface area contributed by atoms with Crippen molar-refractivity contribution in [2.45, 2.75) is 0 Å². The van der Waals surface area contributed by atoms with Gasteiger partial charge < -0.3 is 5.73 Å². The van der Waals surface area contributed by atoms with Gasteiger partial charge in [0.15, 0.2) is 0 Å². The number of aliphatic imine (C=N–C) groups is 1. The van der Waals surface area contributed by atoms with Gasteiger partial charge in [-0.15, -0.1) is 0 Å². The van der Waals surface area contributed by atoms with Crippen molar-refractivity contribution in [3.63, 3.8) is 0 Å². The minimum absolute atomic E-state index is 0.247. The molecule has 0 atom stereocenters. The second kappa shape index (κ2) is 2.88. The van der Waals surface area contributed by atoms with Crippen LogP contribution in [0.2, 0.25) is 5.02 Å². The molecule has 5 nitrogen and oxygen atoms in total. The van der Waals surface area contributed by atoms with E-state index in [1.165, 1.54) is 5.43 Å². The summed E-state index contributed by atoms with van der Waals surface area (Å²) >= 11 is 5.75. The predicted molar refractivity (Wildman–Crippen MR) is 48.9 cm³/mol. The van der Waals surface area contributed by atoms with E-state index in [1.807, 2.05) is 0 Å². The standard InChI is InChI=1S/C7H7ClN4O/c8-4-1-2-6-5(3-4)10-7(9)11-12(6)13/h1-3,13H,(H3,9,10,11)/p+1. The van der Waals surface area contributed by atoms with Crippen LogP contribution in [0.15, 0.2) is 23.2 Å². The Morgan fingerprint density at radius 3 is 3.08 bits per heavy atom. The number of nitrogens with two attached hydrogens (primary N) is 2. The predicted octanol–water partition coefficient (Wildman–Crippen LogP) is -0.0262. The summed E-state index contributed by atoms with van der Waals surface area (Å²) in [6, 6.07) is 4.98. The molecule has 0 aromatic heterocycles. The van der Waals surface area contributed by atoms with Gasteiger partial charge in [0.25, 0.3) is 0 Å². The summed E-state index contributed by atoms with van der Waals surface area (Å²) < 4.78 is 0. The third kappa shape index (κ3) is 1.44. The van der Waals surface area contributed by atoms with Gasteiger partial charge >= 0.3 is 5.96 Å². The van der Waals surface area contributed by atoms with Gasteiger partial charge in [-0.05, 0) is 18.2 Å². The third-order valence-corrected chi connectivity index (χ3v) is 1.92. The molecule has 5 N–H and O–H groups in total. The third-order valence-electron chi connectivity index (χ3n) is 1.69. The molecule has 1 aliphatic rings. The van der Waals surface area contributed by atoms with Crippen LogP contribution in [0.5, 0.6) is 0 Å². The molecular weight excluding hydrogens is 192 g/mol. The molecular formula is C7H8ClN4O+. The number of hydrogen-bond acceptors (Lipinski definition) is 4. The molecule has 2 rings (SSSR count). The molecule has 0 bridgehead atoms. The molecule has 0 fully saturated rings. The maximum atomic E-state index is 9.40. The van der Waals surface area contributed by atoms with Crippen LogP contribution in [0.1, 0.15) is 0 Å². The van der Waals surface area contributed by atoms with Crippen LogP contribution in [0.4, 0.5) is 11.4 Å². The molecule has 0 saturated heterocycles. The van der Waals surface area contributed by atoms with Gasteiger partial charge in [0.2, 0.25) is 0 Å². The maximum Gasteiger partial charge on any atom is 0.324 e. The quantitative estimate of drug-likeness (QED) is 0.514. The van der Waals surface area contributed by atoms with E-state index in [-0.39, 0.29) is 5.96 Å². The minimum Gasteiger partial charge on any atom is -0.336 e. The Morgan fingerprint density at radius 2 is 2.31 bits per heavy atom. The van der Waals surface area contributed by atoms with Gasteiger partial charge in [0.1, 0.15) is 11.4 Å². The van der Waals surface area contributed by atoms with Crippen molar-refractivity contribution in [2.24, 2.45) is 10.7 Å². The number of quaternary nitrogens is 1. The molecule has 6 heteroatoms. The van der Waals surface area contributed by atoms with Crippen molar-refractivity contribution in [3.05, 3.63) is 23.2 Å². The van der Waals surface area contributed by atoms with Gasteiger partial charge in [0.05, 0.1) is 0 Å². The summed E-state index contributed by atoms with van der Waals surface area (Å²) in [7, 11) is 0. The maximum absolute atomic E-state index is 9.40. The van der Waals surface area contributed by atoms with Crippen molar-refractivity contribution in [2.75, 3.05) is 5.17 Å². The highest BCUT2D eigenvalue weighted by Crippen LogP contribution is 2.30. The van der Waals surface area contributed by atoms with Crippen molar-refractivity contribution < 1.29 is 10.6 Å². The van der Waals surface area contributed by atoms with Crippen LogP contribution in [0.3, 0.4) is 0 Å². The number of fused-ring (bicyclic) bond motifs is 1. The van der Waals surface area contributed by atoms with Crippen LogP contribution in [0, 0.1) is 0 Å². The summed E-state index contributed by atoms with van der Waals surface area (Å²) in [5.41, 5.74) is 7.90. The second-order valence-electron chi connectivity index (χ2n) is 2.64. The fraction of sp³-hybridized carbons (Fsp3) is 0. The Bertz CT molecular complexity index is 379. The first-order chi connectivity index (χ1) is 6.16. The molecule has 0 amide bonds. The number of anilines is 1. The first kappa shape index (κ1) is 8.31. The lowest BCUT2D eigenvalue weighted by Crippen LogP contribution is -2.99. The molecule has 68 valence electrons. The highest BCUT2D eigenvalue weighted by Gasteiger charge is 2.19. The molecule has 0 radical (unpaired) electrons. The average molecular weight is 200 g/mol.